The Labute approximate surface area is 104 Å². The van der Waals surface area contributed by atoms with Gasteiger partial charge in [-0.25, -0.2) is 0 Å². The molecular formula is C15H21NO. The predicted octanol–water partition coefficient (Wildman–Crippen LogP) is 4.09. The maximum Gasteiger partial charge on any atom is 0.0954 e. The van der Waals surface area contributed by atoms with E-state index in [0.717, 1.165) is 18.6 Å². The summed E-state index contributed by atoms with van der Waals surface area (Å²) in [5, 5.41) is 8.81. The molecule has 0 aliphatic carbocycles. The van der Waals surface area contributed by atoms with Gasteiger partial charge in [0.1, 0.15) is 0 Å². The van der Waals surface area contributed by atoms with E-state index >= 15 is 0 Å². The van der Waals surface area contributed by atoms with E-state index in [0.29, 0.717) is 12.3 Å². The van der Waals surface area contributed by atoms with Crippen molar-refractivity contribution in [3.05, 3.63) is 35.9 Å². The first kappa shape index (κ1) is 13.7. The second-order valence-electron chi connectivity index (χ2n) is 4.67. The van der Waals surface area contributed by atoms with E-state index < -0.39 is 0 Å². The first-order chi connectivity index (χ1) is 8.24. The van der Waals surface area contributed by atoms with Crippen molar-refractivity contribution in [1.29, 1.82) is 5.26 Å². The van der Waals surface area contributed by atoms with Crippen LogP contribution in [0.4, 0.5) is 0 Å². The van der Waals surface area contributed by atoms with E-state index in [4.69, 9.17) is 10.00 Å². The molecule has 0 bridgehead atoms. The molecule has 1 aromatic rings. The van der Waals surface area contributed by atoms with Crippen LogP contribution in [0, 0.1) is 17.2 Å². The van der Waals surface area contributed by atoms with Crippen LogP contribution in [-0.4, -0.2) is 6.61 Å². The summed E-state index contributed by atoms with van der Waals surface area (Å²) in [7, 11) is 0. The quantitative estimate of drug-likeness (QED) is 0.662. The fourth-order valence-electron chi connectivity index (χ4n) is 1.74. The molecule has 1 unspecified atom stereocenters. The minimum absolute atomic E-state index is 0.0756. The van der Waals surface area contributed by atoms with Gasteiger partial charge in [-0.3, -0.25) is 0 Å². The molecule has 0 amide bonds. The SMILES string of the molecule is CC(C)CCCOC(CC#N)c1ccccc1. The molecule has 0 saturated carbocycles. The number of benzene rings is 1. The van der Waals surface area contributed by atoms with Gasteiger partial charge in [0, 0.05) is 6.61 Å². The highest BCUT2D eigenvalue weighted by Crippen LogP contribution is 2.21. The molecule has 0 saturated heterocycles. The van der Waals surface area contributed by atoms with E-state index in [1.54, 1.807) is 0 Å². The number of nitriles is 1. The molecule has 0 fully saturated rings. The third-order valence-electron chi connectivity index (χ3n) is 2.69. The third-order valence-corrected chi connectivity index (χ3v) is 2.69. The smallest absolute Gasteiger partial charge is 0.0954 e. The lowest BCUT2D eigenvalue weighted by molar-refractivity contribution is 0.0518. The highest BCUT2D eigenvalue weighted by atomic mass is 16.5. The average Bonchev–Trinajstić information content (AvgIpc) is 2.34. The molecular weight excluding hydrogens is 210 g/mol. The van der Waals surface area contributed by atoms with Crippen LogP contribution in [-0.2, 0) is 4.74 Å². The zero-order valence-electron chi connectivity index (χ0n) is 10.7. The fourth-order valence-corrected chi connectivity index (χ4v) is 1.74. The first-order valence-electron chi connectivity index (χ1n) is 6.27. The van der Waals surface area contributed by atoms with Crippen molar-refractivity contribution < 1.29 is 4.74 Å². The number of ether oxygens (including phenoxy) is 1. The molecule has 17 heavy (non-hydrogen) atoms. The normalized spacial score (nSPS) is 12.4. The van der Waals surface area contributed by atoms with Crippen LogP contribution in [0.25, 0.3) is 0 Å². The van der Waals surface area contributed by atoms with Crippen molar-refractivity contribution in [3.63, 3.8) is 0 Å². The van der Waals surface area contributed by atoms with Crippen LogP contribution in [0.3, 0.4) is 0 Å². The highest BCUT2D eigenvalue weighted by molar-refractivity contribution is 5.18. The molecule has 0 N–H and O–H groups in total. The van der Waals surface area contributed by atoms with Gasteiger partial charge in [0.2, 0.25) is 0 Å². The Bertz CT molecular complexity index is 340. The lowest BCUT2D eigenvalue weighted by atomic mass is 10.1. The van der Waals surface area contributed by atoms with Crippen LogP contribution in [0.5, 0.6) is 0 Å². The molecule has 2 nitrogen and oxygen atoms in total. The van der Waals surface area contributed by atoms with E-state index in [2.05, 4.69) is 19.9 Å². The first-order valence-corrected chi connectivity index (χ1v) is 6.27. The third kappa shape index (κ3) is 5.51. The lowest BCUT2D eigenvalue weighted by Gasteiger charge is -2.15. The van der Waals surface area contributed by atoms with Gasteiger partial charge in [0.25, 0.3) is 0 Å². The molecule has 1 atom stereocenters. The maximum absolute atomic E-state index is 8.81. The molecule has 0 aliphatic rings. The molecule has 0 radical (unpaired) electrons. The van der Waals surface area contributed by atoms with Crippen LogP contribution in [0.1, 0.15) is 44.8 Å². The van der Waals surface area contributed by atoms with Gasteiger partial charge in [-0.15, -0.1) is 0 Å². The summed E-state index contributed by atoms with van der Waals surface area (Å²) in [5.41, 5.74) is 1.10. The Morgan fingerprint density at radius 2 is 1.94 bits per heavy atom. The number of hydrogen-bond donors (Lipinski definition) is 0. The molecule has 2 heteroatoms. The Morgan fingerprint density at radius 3 is 2.53 bits per heavy atom. The summed E-state index contributed by atoms with van der Waals surface area (Å²) in [4.78, 5) is 0. The van der Waals surface area contributed by atoms with Gasteiger partial charge >= 0.3 is 0 Å². The minimum atomic E-state index is -0.0756. The number of nitrogens with zero attached hydrogens (tertiary/aromatic N) is 1. The zero-order chi connectivity index (χ0) is 12.5. The van der Waals surface area contributed by atoms with Crippen LogP contribution < -0.4 is 0 Å². The molecule has 1 aromatic carbocycles. The van der Waals surface area contributed by atoms with E-state index in [-0.39, 0.29) is 6.10 Å². The van der Waals surface area contributed by atoms with Gasteiger partial charge in [0.05, 0.1) is 18.6 Å². The maximum atomic E-state index is 8.81. The summed E-state index contributed by atoms with van der Waals surface area (Å²) in [6.07, 6.45) is 2.58. The largest absolute Gasteiger partial charge is 0.372 e. The molecule has 92 valence electrons. The highest BCUT2D eigenvalue weighted by Gasteiger charge is 2.10. The summed E-state index contributed by atoms with van der Waals surface area (Å²) >= 11 is 0. The van der Waals surface area contributed by atoms with E-state index in [1.807, 2.05) is 30.3 Å². The van der Waals surface area contributed by atoms with Crippen molar-refractivity contribution >= 4 is 0 Å². The van der Waals surface area contributed by atoms with Crippen LogP contribution in [0.2, 0.25) is 0 Å². The Hall–Kier alpha value is -1.33. The number of rotatable bonds is 7. The van der Waals surface area contributed by atoms with E-state index in [9.17, 15) is 0 Å². The molecule has 0 aliphatic heterocycles. The van der Waals surface area contributed by atoms with E-state index in [1.165, 1.54) is 6.42 Å². The average molecular weight is 231 g/mol. The number of hydrogen-bond acceptors (Lipinski definition) is 2. The second-order valence-corrected chi connectivity index (χ2v) is 4.67. The van der Waals surface area contributed by atoms with Crippen molar-refractivity contribution in [2.45, 2.75) is 39.2 Å². The lowest BCUT2D eigenvalue weighted by Crippen LogP contribution is -2.05. The van der Waals surface area contributed by atoms with Crippen molar-refractivity contribution in [2.24, 2.45) is 5.92 Å². The summed E-state index contributed by atoms with van der Waals surface area (Å²) in [6, 6.07) is 12.2. The van der Waals surface area contributed by atoms with Crippen molar-refractivity contribution in [1.82, 2.24) is 0 Å². The van der Waals surface area contributed by atoms with Gasteiger partial charge in [-0.2, -0.15) is 5.26 Å². The molecule has 0 heterocycles. The van der Waals surface area contributed by atoms with Gasteiger partial charge < -0.3 is 4.74 Å². The van der Waals surface area contributed by atoms with Crippen molar-refractivity contribution in [3.8, 4) is 6.07 Å². The predicted molar refractivity (Wildman–Crippen MR) is 69.4 cm³/mol. The minimum Gasteiger partial charge on any atom is -0.372 e. The monoisotopic (exact) mass is 231 g/mol. The van der Waals surface area contributed by atoms with Gasteiger partial charge in [-0.05, 0) is 24.3 Å². The Morgan fingerprint density at radius 1 is 1.24 bits per heavy atom. The summed E-state index contributed by atoms with van der Waals surface area (Å²) in [6.45, 7) is 5.16. The summed E-state index contributed by atoms with van der Waals surface area (Å²) < 4.78 is 5.80. The fraction of sp³-hybridized carbons (Fsp3) is 0.533. The topological polar surface area (TPSA) is 33.0 Å². The van der Waals surface area contributed by atoms with Crippen molar-refractivity contribution in [2.75, 3.05) is 6.61 Å². The van der Waals surface area contributed by atoms with Crippen LogP contribution >= 0.6 is 0 Å². The Kier molecular flexibility index (Phi) is 6.35. The zero-order valence-corrected chi connectivity index (χ0v) is 10.7. The molecule has 0 aromatic heterocycles. The molecule has 0 spiro atoms. The van der Waals surface area contributed by atoms with Gasteiger partial charge in [0.15, 0.2) is 0 Å². The Balaban J connectivity index is 2.42. The van der Waals surface area contributed by atoms with Gasteiger partial charge in [-0.1, -0.05) is 44.2 Å². The summed E-state index contributed by atoms with van der Waals surface area (Å²) in [5.74, 6) is 0.713. The second kappa shape index (κ2) is 7.86. The molecule has 1 rings (SSSR count). The standard InChI is InChI=1S/C15H21NO/c1-13(2)7-6-12-17-15(10-11-16)14-8-4-3-5-9-14/h3-5,8-9,13,15H,6-7,10,12H2,1-2H3. The van der Waals surface area contributed by atoms with Crippen LogP contribution in [0.15, 0.2) is 30.3 Å².